The summed E-state index contributed by atoms with van der Waals surface area (Å²) in [5, 5.41) is 0. The van der Waals surface area contributed by atoms with Crippen molar-refractivity contribution in [3.8, 4) is 0 Å². The lowest BCUT2D eigenvalue weighted by Gasteiger charge is -2.24. The predicted molar refractivity (Wildman–Crippen MR) is 192 cm³/mol. The van der Waals surface area contributed by atoms with Crippen LogP contribution in [0.25, 0.3) is 0 Å². The van der Waals surface area contributed by atoms with Crippen LogP contribution in [-0.4, -0.2) is 150 Å². The Balaban J connectivity index is 0. The first kappa shape index (κ1) is 44.4. The highest BCUT2D eigenvalue weighted by atomic mass is 16.2. The van der Waals surface area contributed by atoms with Gasteiger partial charge in [0.05, 0.1) is 0 Å². The maximum absolute atomic E-state index is 12.3. The molecule has 44 heavy (non-hydrogen) atoms. The molecule has 0 spiro atoms. The molecule has 0 aliphatic rings. The van der Waals surface area contributed by atoms with Gasteiger partial charge in [0.25, 0.3) is 0 Å². The van der Waals surface area contributed by atoms with Gasteiger partial charge in [-0.15, -0.1) is 0 Å². The van der Waals surface area contributed by atoms with Gasteiger partial charge in [0, 0.05) is 52.4 Å². The van der Waals surface area contributed by atoms with E-state index in [1.54, 1.807) is 12.2 Å². The van der Waals surface area contributed by atoms with Crippen molar-refractivity contribution in [1.82, 2.24) is 29.4 Å². The number of carbonyl (C=O) groups excluding carboxylic acids is 2. The van der Waals surface area contributed by atoms with Crippen molar-refractivity contribution < 1.29 is 9.59 Å². The van der Waals surface area contributed by atoms with Crippen LogP contribution < -0.4 is 0 Å². The number of allylic oxidation sites excluding steroid dienone is 2. The zero-order chi connectivity index (χ0) is 33.6. The molecule has 0 unspecified atom stereocenters. The van der Waals surface area contributed by atoms with Gasteiger partial charge < -0.3 is 29.4 Å². The van der Waals surface area contributed by atoms with Gasteiger partial charge >= 0.3 is 0 Å². The second kappa shape index (κ2) is 31.3. The molecular formula is C36H74N6O2. The summed E-state index contributed by atoms with van der Waals surface area (Å²) in [6, 6.07) is 0. The Hall–Kier alpha value is -1.74. The van der Waals surface area contributed by atoms with E-state index < -0.39 is 0 Å². The van der Waals surface area contributed by atoms with Crippen LogP contribution in [0.5, 0.6) is 0 Å². The molecule has 2 amide bonds. The maximum Gasteiger partial charge on any atom is 0.246 e. The van der Waals surface area contributed by atoms with Gasteiger partial charge in [0.2, 0.25) is 11.8 Å². The number of rotatable bonds is 26. The van der Waals surface area contributed by atoms with Crippen molar-refractivity contribution in [2.75, 3.05) is 109 Å². The van der Waals surface area contributed by atoms with Crippen LogP contribution in [0.2, 0.25) is 0 Å². The standard InChI is InChI=1S/2C18H37N3O/c2*1-6-7-8-9-10-11-12-13-18(22)21(16-14-19(2)3)17-15-20(4)5/h2*12-13H,6-11,14-17H2,1-5H3/b2*13-12+. The van der Waals surface area contributed by atoms with Crippen LogP contribution in [-0.2, 0) is 9.59 Å². The molecule has 0 aromatic rings. The predicted octanol–water partition coefficient (Wildman–Crippen LogP) is 5.71. The van der Waals surface area contributed by atoms with Gasteiger partial charge in [-0.2, -0.15) is 0 Å². The Morgan fingerprint density at radius 2 is 0.682 bits per heavy atom. The van der Waals surface area contributed by atoms with Gasteiger partial charge in [-0.25, -0.2) is 0 Å². The zero-order valence-corrected chi connectivity index (χ0v) is 31.0. The molecule has 0 aromatic heterocycles. The second-order valence-electron chi connectivity index (χ2n) is 13.1. The van der Waals surface area contributed by atoms with E-state index in [0.29, 0.717) is 0 Å². The largest absolute Gasteiger partial charge is 0.337 e. The molecule has 0 rings (SSSR count). The van der Waals surface area contributed by atoms with E-state index in [9.17, 15) is 9.59 Å². The molecule has 0 aliphatic carbocycles. The van der Waals surface area contributed by atoms with Crippen LogP contribution in [0, 0.1) is 0 Å². The maximum atomic E-state index is 12.3. The average molecular weight is 623 g/mol. The highest BCUT2D eigenvalue weighted by molar-refractivity contribution is 5.88. The third-order valence-corrected chi connectivity index (χ3v) is 7.36. The van der Waals surface area contributed by atoms with Crippen molar-refractivity contribution in [3.05, 3.63) is 24.3 Å². The van der Waals surface area contributed by atoms with Crippen LogP contribution in [0.3, 0.4) is 0 Å². The molecule has 0 aromatic carbocycles. The molecule has 0 aliphatic heterocycles. The first-order chi connectivity index (χ1) is 20.9. The van der Waals surface area contributed by atoms with Gasteiger partial charge in [-0.1, -0.05) is 77.4 Å². The number of hydrogen-bond donors (Lipinski definition) is 0. The molecule has 260 valence electrons. The molecule has 0 N–H and O–H groups in total. The SMILES string of the molecule is CCCCCCC/C=C/C(=O)N(CCN(C)C)CCN(C)C.CCCCCCC/C=C/C(=O)N(CCN(C)C)CCN(C)C. The van der Waals surface area contributed by atoms with Crippen molar-refractivity contribution in [2.24, 2.45) is 0 Å². The minimum absolute atomic E-state index is 0.150. The lowest BCUT2D eigenvalue weighted by molar-refractivity contribution is -0.127. The number of carbonyl (C=O) groups is 2. The smallest absolute Gasteiger partial charge is 0.246 e. The highest BCUT2D eigenvalue weighted by Gasteiger charge is 2.12. The molecule has 0 saturated carbocycles. The van der Waals surface area contributed by atoms with Crippen molar-refractivity contribution >= 4 is 11.8 Å². The minimum Gasteiger partial charge on any atom is -0.337 e. The monoisotopic (exact) mass is 623 g/mol. The topological polar surface area (TPSA) is 53.6 Å². The number of nitrogens with zero attached hydrogens (tertiary/aromatic N) is 6. The van der Waals surface area contributed by atoms with E-state index in [1.165, 1.54) is 64.2 Å². The fourth-order valence-corrected chi connectivity index (χ4v) is 4.26. The summed E-state index contributed by atoms with van der Waals surface area (Å²) in [6.45, 7) is 11.3. The number of hydrogen-bond acceptors (Lipinski definition) is 6. The Kier molecular flexibility index (Phi) is 31.5. The first-order valence-corrected chi connectivity index (χ1v) is 17.4. The summed E-state index contributed by atoms with van der Waals surface area (Å²) >= 11 is 0. The molecule has 8 heteroatoms. The van der Waals surface area contributed by atoms with Crippen LogP contribution in [0.1, 0.15) is 90.9 Å². The fraction of sp³-hybridized carbons (Fsp3) is 0.833. The minimum atomic E-state index is 0.150. The van der Waals surface area contributed by atoms with Gasteiger partial charge in [-0.3, -0.25) is 9.59 Å². The molecule has 0 fully saturated rings. The lowest BCUT2D eigenvalue weighted by Crippen LogP contribution is -2.39. The number of likely N-dealkylation sites (N-methyl/N-ethyl adjacent to an activating group) is 4. The highest BCUT2D eigenvalue weighted by Crippen LogP contribution is 2.07. The van der Waals surface area contributed by atoms with E-state index in [4.69, 9.17) is 0 Å². The molecule has 0 radical (unpaired) electrons. The van der Waals surface area contributed by atoms with E-state index in [1.807, 2.05) is 78.3 Å². The molecule has 8 nitrogen and oxygen atoms in total. The summed E-state index contributed by atoms with van der Waals surface area (Å²) < 4.78 is 0. The second-order valence-corrected chi connectivity index (χ2v) is 13.1. The molecular weight excluding hydrogens is 548 g/mol. The fourth-order valence-electron chi connectivity index (χ4n) is 4.26. The Morgan fingerprint density at radius 3 is 0.932 bits per heavy atom. The van der Waals surface area contributed by atoms with E-state index in [0.717, 1.165) is 65.2 Å². The summed E-state index contributed by atoms with van der Waals surface area (Å²) in [7, 11) is 16.3. The van der Waals surface area contributed by atoms with E-state index in [-0.39, 0.29) is 11.8 Å². The first-order valence-electron chi connectivity index (χ1n) is 17.4. The molecule has 0 saturated heterocycles. The summed E-state index contributed by atoms with van der Waals surface area (Å²) in [4.78, 5) is 37.0. The lowest BCUT2D eigenvalue weighted by atomic mass is 10.1. The van der Waals surface area contributed by atoms with Gasteiger partial charge in [-0.05, 0) is 94.2 Å². The Bertz CT molecular complexity index is 637. The molecule has 0 atom stereocenters. The molecule has 0 heterocycles. The zero-order valence-electron chi connectivity index (χ0n) is 31.0. The van der Waals surface area contributed by atoms with Crippen molar-refractivity contribution in [1.29, 1.82) is 0 Å². The number of amides is 2. The van der Waals surface area contributed by atoms with Crippen LogP contribution in [0.15, 0.2) is 24.3 Å². The van der Waals surface area contributed by atoms with Crippen LogP contribution >= 0.6 is 0 Å². The quantitative estimate of drug-likeness (QED) is 0.0910. The summed E-state index contributed by atoms with van der Waals surface area (Å²) in [5.41, 5.74) is 0. The average Bonchev–Trinajstić information content (AvgIpc) is 2.95. The molecule has 0 bridgehead atoms. The Labute approximate surface area is 274 Å². The Morgan fingerprint density at radius 1 is 0.409 bits per heavy atom. The normalized spacial score (nSPS) is 11.8. The van der Waals surface area contributed by atoms with Gasteiger partial charge in [0.1, 0.15) is 0 Å². The van der Waals surface area contributed by atoms with Crippen molar-refractivity contribution in [3.63, 3.8) is 0 Å². The van der Waals surface area contributed by atoms with E-state index >= 15 is 0 Å². The summed E-state index contributed by atoms with van der Waals surface area (Å²) in [6.07, 6.45) is 22.4. The van der Waals surface area contributed by atoms with E-state index in [2.05, 4.69) is 33.4 Å². The van der Waals surface area contributed by atoms with Crippen LogP contribution in [0.4, 0.5) is 0 Å². The third-order valence-electron chi connectivity index (χ3n) is 7.36. The van der Waals surface area contributed by atoms with Crippen molar-refractivity contribution in [2.45, 2.75) is 90.9 Å². The number of unbranched alkanes of at least 4 members (excludes halogenated alkanes) is 10. The third kappa shape index (κ3) is 31.7. The van der Waals surface area contributed by atoms with Gasteiger partial charge in [0.15, 0.2) is 0 Å². The summed E-state index contributed by atoms with van der Waals surface area (Å²) in [5.74, 6) is 0.300.